The Labute approximate surface area is 180 Å². The van der Waals surface area contributed by atoms with E-state index in [1.165, 1.54) is 12.3 Å². The van der Waals surface area contributed by atoms with E-state index in [-0.39, 0.29) is 30.5 Å². The molecule has 0 aliphatic rings. The van der Waals surface area contributed by atoms with Gasteiger partial charge in [-0.15, -0.1) is 0 Å². The average molecular weight is 419 g/mol. The van der Waals surface area contributed by atoms with Crippen molar-refractivity contribution in [3.8, 4) is 0 Å². The predicted octanol–water partition coefficient (Wildman–Crippen LogP) is 2.10. The Morgan fingerprint density at radius 3 is 2.06 bits per heavy atom. The van der Waals surface area contributed by atoms with Gasteiger partial charge in [-0.05, 0) is 23.3 Å². The summed E-state index contributed by atoms with van der Waals surface area (Å²) < 4.78 is 5.11. The molecule has 0 fully saturated rings. The molecule has 3 aromatic rings. The van der Waals surface area contributed by atoms with Gasteiger partial charge < -0.3 is 20.4 Å². The zero-order valence-corrected chi connectivity index (χ0v) is 17.0. The van der Waals surface area contributed by atoms with E-state index in [0.717, 1.165) is 11.1 Å². The molecule has 1 heterocycles. The molecule has 3 rings (SSSR count). The molecule has 2 aromatic carbocycles. The van der Waals surface area contributed by atoms with Crippen LogP contribution in [0.4, 0.5) is 0 Å². The van der Waals surface area contributed by atoms with Crippen LogP contribution in [0.1, 0.15) is 21.7 Å². The van der Waals surface area contributed by atoms with Crippen molar-refractivity contribution < 1.29 is 18.8 Å². The molecule has 0 spiro atoms. The van der Waals surface area contributed by atoms with Crippen LogP contribution < -0.4 is 16.0 Å². The van der Waals surface area contributed by atoms with Crippen molar-refractivity contribution in [1.82, 2.24) is 16.0 Å². The summed E-state index contributed by atoms with van der Waals surface area (Å²) in [7, 11) is 0. The number of carbonyl (C=O) groups is 3. The third kappa shape index (κ3) is 7.15. The van der Waals surface area contributed by atoms with Gasteiger partial charge in [-0.3, -0.25) is 14.4 Å². The fraction of sp³-hybridized carbons (Fsp3) is 0.208. The maximum atomic E-state index is 12.7. The SMILES string of the molecule is O=C(Cc1ccccc1)NCCNC(=O)C(Cc1ccccc1)NC(=O)c1ccco1. The highest BCUT2D eigenvalue weighted by Gasteiger charge is 2.22. The van der Waals surface area contributed by atoms with Crippen molar-refractivity contribution >= 4 is 17.7 Å². The number of hydrogen-bond acceptors (Lipinski definition) is 4. The van der Waals surface area contributed by atoms with Gasteiger partial charge in [0, 0.05) is 19.5 Å². The number of rotatable bonds is 10. The fourth-order valence-electron chi connectivity index (χ4n) is 3.05. The Morgan fingerprint density at radius 1 is 0.774 bits per heavy atom. The van der Waals surface area contributed by atoms with Crippen molar-refractivity contribution in [1.29, 1.82) is 0 Å². The number of amides is 3. The Morgan fingerprint density at radius 2 is 1.42 bits per heavy atom. The molecule has 0 saturated heterocycles. The van der Waals surface area contributed by atoms with Crippen LogP contribution in [0.2, 0.25) is 0 Å². The molecule has 0 bridgehead atoms. The first kappa shape index (κ1) is 21.8. The first-order chi connectivity index (χ1) is 15.1. The predicted molar refractivity (Wildman–Crippen MR) is 116 cm³/mol. The van der Waals surface area contributed by atoms with Crippen LogP contribution in [0, 0.1) is 0 Å². The summed E-state index contributed by atoms with van der Waals surface area (Å²) in [6, 6.07) is 21.2. The fourth-order valence-corrected chi connectivity index (χ4v) is 3.05. The zero-order valence-electron chi connectivity index (χ0n) is 17.0. The topological polar surface area (TPSA) is 100 Å². The van der Waals surface area contributed by atoms with Crippen LogP contribution in [-0.2, 0) is 22.4 Å². The van der Waals surface area contributed by atoms with Crippen molar-refractivity contribution in [3.63, 3.8) is 0 Å². The van der Waals surface area contributed by atoms with Crippen LogP contribution >= 0.6 is 0 Å². The number of nitrogens with one attached hydrogen (secondary N) is 3. The third-order valence-corrected chi connectivity index (χ3v) is 4.60. The second-order valence-electron chi connectivity index (χ2n) is 7.00. The van der Waals surface area contributed by atoms with E-state index in [2.05, 4.69) is 16.0 Å². The molecular formula is C24H25N3O4. The van der Waals surface area contributed by atoms with Gasteiger partial charge in [0.15, 0.2) is 5.76 Å². The molecule has 3 N–H and O–H groups in total. The average Bonchev–Trinajstić information content (AvgIpc) is 3.33. The van der Waals surface area contributed by atoms with E-state index < -0.39 is 11.9 Å². The van der Waals surface area contributed by atoms with Crippen LogP contribution in [-0.4, -0.2) is 36.9 Å². The van der Waals surface area contributed by atoms with Crippen LogP contribution in [0.3, 0.4) is 0 Å². The molecular weight excluding hydrogens is 394 g/mol. The molecule has 7 heteroatoms. The standard InChI is InChI=1S/C24H25N3O4/c28-22(17-19-10-5-2-6-11-19)25-13-14-26-23(29)20(16-18-8-3-1-4-9-18)27-24(30)21-12-7-15-31-21/h1-12,15,20H,13-14,16-17H2,(H,25,28)(H,26,29)(H,27,30). The largest absolute Gasteiger partial charge is 0.459 e. The van der Waals surface area contributed by atoms with Gasteiger partial charge in [-0.2, -0.15) is 0 Å². The van der Waals surface area contributed by atoms with Crippen molar-refractivity contribution in [2.24, 2.45) is 0 Å². The molecule has 1 aromatic heterocycles. The van der Waals surface area contributed by atoms with Gasteiger partial charge in [-0.25, -0.2) is 0 Å². The normalized spacial score (nSPS) is 11.4. The molecule has 0 aliphatic heterocycles. The summed E-state index contributed by atoms with van der Waals surface area (Å²) in [5, 5.41) is 8.27. The van der Waals surface area contributed by atoms with Gasteiger partial charge in [0.25, 0.3) is 5.91 Å². The Bertz CT molecular complexity index is 973. The first-order valence-electron chi connectivity index (χ1n) is 10.1. The summed E-state index contributed by atoms with van der Waals surface area (Å²) >= 11 is 0. The monoisotopic (exact) mass is 419 g/mol. The number of benzene rings is 2. The van der Waals surface area contributed by atoms with E-state index in [1.54, 1.807) is 6.07 Å². The van der Waals surface area contributed by atoms with Crippen LogP contribution in [0.5, 0.6) is 0 Å². The molecule has 1 atom stereocenters. The van der Waals surface area contributed by atoms with Gasteiger partial charge >= 0.3 is 0 Å². The molecule has 0 saturated carbocycles. The molecule has 0 aliphatic carbocycles. The van der Waals surface area contributed by atoms with Crippen molar-refractivity contribution in [2.45, 2.75) is 18.9 Å². The number of carbonyl (C=O) groups excluding carboxylic acids is 3. The van der Waals surface area contributed by atoms with Crippen LogP contribution in [0.15, 0.2) is 83.5 Å². The second-order valence-corrected chi connectivity index (χ2v) is 7.00. The Balaban J connectivity index is 1.50. The Kier molecular flexibility index (Phi) is 7.99. The van der Waals surface area contributed by atoms with E-state index in [9.17, 15) is 14.4 Å². The highest BCUT2D eigenvalue weighted by atomic mass is 16.3. The molecule has 160 valence electrons. The van der Waals surface area contributed by atoms with E-state index in [4.69, 9.17) is 4.42 Å². The summed E-state index contributed by atoms with van der Waals surface area (Å²) in [6.07, 6.45) is 2.02. The highest BCUT2D eigenvalue weighted by Crippen LogP contribution is 2.06. The van der Waals surface area contributed by atoms with E-state index in [0.29, 0.717) is 13.0 Å². The summed E-state index contributed by atoms with van der Waals surface area (Å²) in [5.74, 6) is -0.773. The smallest absolute Gasteiger partial charge is 0.287 e. The lowest BCUT2D eigenvalue weighted by Gasteiger charge is -2.18. The lowest BCUT2D eigenvalue weighted by molar-refractivity contribution is -0.123. The second kappa shape index (κ2) is 11.3. The van der Waals surface area contributed by atoms with Gasteiger partial charge in [0.1, 0.15) is 6.04 Å². The van der Waals surface area contributed by atoms with E-state index in [1.807, 2.05) is 60.7 Å². The van der Waals surface area contributed by atoms with Gasteiger partial charge in [-0.1, -0.05) is 60.7 Å². The number of hydrogen-bond donors (Lipinski definition) is 3. The highest BCUT2D eigenvalue weighted by molar-refractivity contribution is 5.95. The maximum Gasteiger partial charge on any atom is 0.287 e. The minimum Gasteiger partial charge on any atom is -0.459 e. The summed E-state index contributed by atoms with van der Waals surface area (Å²) in [4.78, 5) is 37.1. The zero-order chi connectivity index (χ0) is 21.9. The van der Waals surface area contributed by atoms with E-state index >= 15 is 0 Å². The maximum absolute atomic E-state index is 12.7. The molecule has 3 amide bonds. The lowest BCUT2D eigenvalue weighted by atomic mass is 10.1. The lowest BCUT2D eigenvalue weighted by Crippen LogP contribution is -2.49. The summed E-state index contributed by atoms with van der Waals surface area (Å²) in [5.41, 5.74) is 1.84. The summed E-state index contributed by atoms with van der Waals surface area (Å²) in [6.45, 7) is 0.545. The first-order valence-corrected chi connectivity index (χ1v) is 10.1. The quantitative estimate of drug-likeness (QED) is 0.438. The third-order valence-electron chi connectivity index (χ3n) is 4.60. The molecule has 31 heavy (non-hydrogen) atoms. The van der Waals surface area contributed by atoms with Gasteiger partial charge in [0.2, 0.25) is 11.8 Å². The molecule has 7 nitrogen and oxygen atoms in total. The minimum absolute atomic E-state index is 0.118. The number of furan rings is 1. The Hall–Kier alpha value is -3.87. The minimum atomic E-state index is -0.778. The van der Waals surface area contributed by atoms with Gasteiger partial charge in [0.05, 0.1) is 12.7 Å². The van der Waals surface area contributed by atoms with Crippen molar-refractivity contribution in [2.75, 3.05) is 13.1 Å². The van der Waals surface area contributed by atoms with Crippen molar-refractivity contribution in [3.05, 3.63) is 95.9 Å². The molecule has 0 radical (unpaired) electrons. The molecule has 1 unspecified atom stereocenters. The van der Waals surface area contributed by atoms with Crippen LogP contribution in [0.25, 0.3) is 0 Å².